The number of benzene rings is 1. The zero-order valence-corrected chi connectivity index (χ0v) is 20.9. The first-order valence-electron chi connectivity index (χ1n) is 12.4. The normalized spacial score (nSPS) is 17.7. The highest BCUT2D eigenvalue weighted by Gasteiger charge is 2.31. The number of aryl methyl sites for hydroxylation is 1. The third-order valence-electron chi connectivity index (χ3n) is 6.47. The summed E-state index contributed by atoms with van der Waals surface area (Å²) in [5.41, 5.74) is 4.09. The lowest BCUT2D eigenvalue weighted by atomic mass is 10.0. The Kier molecular flexibility index (Phi) is 7.19. The second kappa shape index (κ2) is 10.8. The van der Waals surface area contributed by atoms with Crippen LogP contribution in [0.4, 0.5) is 10.5 Å². The fraction of sp³-hybridized carbons (Fsp3) is 0.357. The molecule has 9 heteroatoms. The zero-order valence-electron chi connectivity index (χ0n) is 20.9. The highest BCUT2D eigenvalue weighted by molar-refractivity contribution is 6.00. The van der Waals surface area contributed by atoms with E-state index in [-0.39, 0.29) is 12.5 Å². The van der Waals surface area contributed by atoms with Crippen LogP contribution in [-0.2, 0) is 16.0 Å². The van der Waals surface area contributed by atoms with E-state index in [9.17, 15) is 9.59 Å². The van der Waals surface area contributed by atoms with E-state index in [1.807, 2.05) is 43.3 Å². The quantitative estimate of drug-likeness (QED) is 0.557. The number of anilines is 1. The number of amides is 2. The fourth-order valence-corrected chi connectivity index (χ4v) is 4.39. The summed E-state index contributed by atoms with van der Waals surface area (Å²) in [6.07, 6.45) is 5.68. The lowest BCUT2D eigenvalue weighted by Crippen LogP contribution is -2.50. The van der Waals surface area contributed by atoms with Gasteiger partial charge in [-0.05, 0) is 55.7 Å². The first-order chi connectivity index (χ1) is 18.0. The van der Waals surface area contributed by atoms with Crippen LogP contribution in [0.25, 0.3) is 0 Å². The number of carbonyl (C=O) groups is 2. The summed E-state index contributed by atoms with van der Waals surface area (Å²) in [6.45, 7) is 3.43. The molecule has 1 aromatic carbocycles. The van der Waals surface area contributed by atoms with E-state index in [4.69, 9.17) is 9.47 Å². The van der Waals surface area contributed by atoms with Crippen LogP contribution in [-0.4, -0.2) is 59.6 Å². The van der Waals surface area contributed by atoms with Crippen LogP contribution >= 0.6 is 0 Å². The van der Waals surface area contributed by atoms with E-state index in [1.165, 1.54) is 9.58 Å². The zero-order chi connectivity index (χ0) is 25.8. The van der Waals surface area contributed by atoms with Crippen molar-refractivity contribution in [1.29, 1.82) is 0 Å². The number of carbonyl (C=O) groups excluding carboxylic acids is 2. The Balaban J connectivity index is 1.25. The molecule has 0 bridgehead atoms. The van der Waals surface area contributed by atoms with Crippen molar-refractivity contribution in [3.05, 3.63) is 71.3 Å². The number of hydrogen-bond acceptors (Lipinski definition) is 6. The van der Waals surface area contributed by atoms with Crippen molar-refractivity contribution in [3.63, 3.8) is 0 Å². The molecule has 1 N–H and O–H groups in total. The number of likely N-dealkylation sites (N-methyl/N-ethyl adjacent to an activating group) is 1. The predicted octanol–water partition coefficient (Wildman–Crippen LogP) is 2.94. The Morgan fingerprint density at radius 1 is 1.22 bits per heavy atom. The van der Waals surface area contributed by atoms with Gasteiger partial charge in [0.2, 0.25) is 0 Å². The van der Waals surface area contributed by atoms with Crippen molar-refractivity contribution < 1.29 is 19.1 Å². The number of nitrogens with one attached hydrogen (secondary N) is 1. The van der Waals surface area contributed by atoms with Crippen LogP contribution in [0.1, 0.15) is 35.4 Å². The predicted molar refractivity (Wildman–Crippen MR) is 137 cm³/mol. The van der Waals surface area contributed by atoms with Crippen LogP contribution in [0.5, 0.6) is 5.75 Å². The minimum Gasteiger partial charge on any atom is -0.489 e. The minimum atomic E-state index is -0.868. The van der Waals surface area contributed by atoms with Gasteiger partial charge in [-0.15, -0.1) is 0 Å². The molecular formula is C28H29N5O4. The number of rotatable bonds is 3. The summed E-state index contributed by atoms with van der Waals surface area (Å²) >= 11 is 0. The van der Waals surface area contributed by atoms with Crippen molar-refractivity contribution in [1.82, 2.24) is 20.1 Å². The van der Waals surface area contributed by atoms with E-state index in [0.717, 1.165) is 48.6 Å². The maximum absolute atomic E-state index is 13.2. The third-order valence-corrected chi connectivity index (χ3v) is 6.47. The van der Waals surface area contributed by atoms with Crippen LogP contribution in [0.15, 0.2) is 48.8 Å². The van der Waals surface area contributed by atoms with Crippen molar-refractivity contribution in [2.24, 2.45) is 5.92 Å². The summed E-state index contributed by atoms with van der Waals surface area (Å²) in [5, 5.41) is 6.91. The third kappa shape index (κ3) is 5.81. The SMILES string of the molecule is Cc1cccc(Cc2cnn(C(=O)N[C@H]3COc4ccc(C#CC5CCOCC5)cc4N(C)C3=O)c2)n1. The Labute approximate surface area is 215 Å². The molecule has 2 aliphatic rings. The molecule has 9 nitrogen and oxygen atoms in total. The Morgan fingerprint density at radius 2 is 2.05 bits per heavy atom. The molecule has 1 atom stereocenters. The molecule has 37 heavy (non-hydrogen) atoms. The molecule has 4 heterocycles. The Bertz CT molecular complexity index is 1370. The molecule has 0 spiro atoms. The van der Waals surface area contributed by atoms with E-state index in [0.29, 0.717) is 23.8 Å². The number of ether oxygens (including phenoxy) is 2. The molecule has 0 radical (unpaired) electrons. The van der Waals surface area contributed by atoms with Crippen LogP contribution in [0.3, 0.4) is 0 Å². The smallest absolute Gasteiger partial charge is 0.342 e. The van der Waals surface area contributed by atoms with Gasteiger partial charge < -0.3 is 19.7 Å². The Morgan fingerprint density at radius 3 is 2.86 bits per heavy atom. The van der Waals surface area contributed by atoms with Gasteiger partial charge in [0.15, 0.2) is 0 Å². The van der Waals surface area contributed by atoms with Gasteiger partial charge in [0, 0.05) is 55.7 Å². The maximum atomic E-state index is 13.2. The van der Waals surface area contributed by atoms with Crippen molar-refractivity contribution in [2.75, 3.05) is 31.8 Å². The molecule has 5 rings (SSSR count). The lowest BCUT2D eigenvalue weighted by molar-refractivity contribution is -0.120. The van der Waals surface area contributed by atoms with Gasteiger partial charge in [0.05, 0.1) is 11.9 Å². The maximum Gasteiger partial charge on any atom is 0.342 e. The van der Waals surface area contributed by atoms with Gasteiger partial charge >= 0.3 is 6.03 Å². The highest BCUT2D eigenvalue weighted by atomic mass is 16.5. The largest absolute Gasteiger partial charge is 0.489 e. The number of nitrogens with zero attached hydrogens (tertiary/aromatic N) is 4. The molecule has 0 aliphatic carbocycles. The van der Waals surface area contributed by atoms with Gasteiger partial charge in [-0.3, -0.25) is 9.78 Å². The summed E-state index contributed by atoms with van der Waals surface area (Å²) in [7, 11) is 1.67. The number of pyridine rings is 1. The molecule has 190 valence electrons. The van der Waals surface area contributed by atoms with Crippen molar-refractivity contribution in [3.8, 4) is 17.6 Å². The molecule has 1 saturated heterocycles. The van der Waals surface area contributed by atoms with E-state index >= 15 is 0 Å². The van der Waals surface area contributed by atoms with Gasteiger partial charge in [-0.1, -0.05) is 17.9 Å². The van der Waals surface area contributed by atoms with E-state index in [1.54, 1.807) is 19.4 Å². The average molecular weight is 500 g/mol. The molecule has 1 fully saturated rings. The first kappa shape index (κ1) is 24.5. The van der Waals surface area contributed by atoms with Gasteiger partial charge in [-0.2, -0.15) is 9.78 Å². The second-order valence-electron chi connectivity index (χ2n) is 9.29. The molecule has 3 aromatic rings. The molecule has 2 amide bonds. The fourth-order valence-electron chi connectivity index (χ4n) is 4.39. The van der Waals surface area contributed by atoms with E-state index in [2.05, 4.69) is 27.2 Å². The van der Waals surface area contributed by atoms with Crippen LogP contribution in [0, 0.1) is 24.7 Å². The molecule has 0 unspecified atom stereocenters. The monoisotopic (exact) mass is 499 g/mol. The molecular weight excluding hydrogens is 470 g/mol. The Hall–Kier alpha value is -4.16. The summed E-state index contributed by atoms with van der Waals surface area (Å²) in [5.74, 6) is 7.14. The van der Waals surface area contributed by atoms with Crippen LogP contribution in [0.2, 0.25) is 0 Å². The second-order valence-corrected chi connectivity index (χ2v) is 9.29. The topological polar surface area (TPSA) is 98.6 Å². The number of fused-ring (bicyclic) bond motifs is 1. The average Bonchev–Trinajstić information content (AvgIpc) is 3.34. The summed E-state index contributed by atoms with van der Waals surface area (Å²) in [6, 6.07) is 9.99. The first-order valence-corrected chi connectivity index (χ1v) is 12.4. The van der Waals surface area contributed by atoms with Gasteiger partial charge in [0.1, 0.15) is 18.4 Å². The minimum absolute atomic E-state index is 0.0103. The van der Waals surface area contributed by atoms with Crippen molar-refractivity contribution >= 4 is 17.6 Å². The summed E-state index contributed by atoms with van der Waals surface area (Å²) < 4.78 is 12.5. The summed E-state index contributed by atoms with van der Waals surface area (Å²) in [4.78, 5) is 32.1. The lowest BCUT2D eigenvalue weighted by Gasteiger charge is -2.20. The van der Waals surface area contributed by atoms with Gasteiger partial charge in [0.25, 0.3) is 5.91 Å². The molecule has 2 aromatic heterocycles. The number of aromatic nitrogens is 3. The number of hydrogen-bond donors (Lipinski definition) is 1. The standard InChI is InChI=1S/C28H29N5O4/c1-19-4-3-5-23(30-19)14-22-16-29-33(17-22)28(35)31-24-18-37-26-9-8-21(15-25(26)32(2)27(24)34)7-6-20-10-12-36-13-11-20/h3-5,8-9,15-17,20,24H,10-14,18H2,1-2H3,(H,31,35)/t24-/m0/s1. The highest BCUT2D eigenvalue weighted by Crippen LogP contribution is 2.31. The van der Waals surface area contributed by atoms with Gasteiger partial charge in [-0.25, -0.2) is 4.79 Å². The van der Waals surface area contributed by atoms with Crippen molar-refractivity contribution in [2.45, 2.75) is 32.2 Å². The van der Waals surface area contributed by atoms with E-state index < -0.39 is 12.1 Å². The molecule has 2 aliphatic heterocycles. The van der Waals surface area contributed by atoms with Crippen LogP contribution < -0.4 is 15.0 Å². The molecule has 0 saturated carbocycles.